The van der Waals surface area contributed by atoms with Crippen molar-refractivity contribution >= 4 is 16.9 Å². The first-order valence-electron chi connectivity index (χ1n) is 9.96. The number of aromatic nitrogens is 3. The molecule has 4 rings (SSSR count). The Morgan fingerprint density at radius 1 is 1.18 bits per heavy atom. The molecule has 0 saturated carbocycles. The molecular weight excluding hydrogens is 350 g/mol. The maximum Gasteiger partial charge on any atom is 0.253 e. The van der Waals surface area contributed by atoms with Gasteiger partial charge in [-0.3, -0.25) is 4.79 Å². The van der Waals surface area contributed by atoms with E-state index in [1.807, 2.05) is 24.0 Å². The van der Waals surface area contributed by atoms with E-state index in [9.17, 15) is 4.79 Å². The second-order valence-electron chi connectivity index (χ2n) is 7.72. The van der Waals surface area contributed by atoms with Crippen LogP contribution < -0.4 is 0 Å². The van der Waals surface area contributed by atoms with Gasteiger partial charge in [0.25, 0.3) is 5.91 Å². The lowest BCUT2D eigenvalue weighted by atomic mass is 10.0. The average Bonchev–Trinajstić information content (AvgIpc) is 3.22. The van der Waals surface area contributed by atoms with E-state index in [4.69, 9.17) is 0 Å². The third-order valence-electron chi connectivity index (χ3n) is 5.83. The molecule has 1 aliphatic heterocycles. The molecule has 146 valence electrons. The molecular formula is C22H27N5O. The van der Waals surface area contributed by atoms with E-state index in [1.165, 1.54) is 5.56 Å². The largest absolute Gasteiger partial charge is 0.339 e. The van der Waals surface area contributed by atoms with Gasteiger partial charge in [0.1, 0.15) is 11.0 Å². The number of hydrogen-bond donors (Lipinski definition) is 1. The van der Waals surface area contributed by atoms with Gasteiger partial charge in [-0.15, -0.1) is 0 Å². The Hall–Kier alpha value is -2.73. The van der Waals surface area contributed by atoms with Crippen LogP contribution in [0.4, 0.5) is 0 Å². The van der Waals surface area contributed by atoms with Crippen molar-refractivity contribution in [3.05, 3.63) is 59.2 Å². The predicted molar refractivity (Wildman–Crippen MR) is 110 cm³/mol. The fourth-order valence-corrected chi connectivity index (χ4v) is 4.07. The zero-order valence-electron chi connectivity index (χ0n) is 16.6. The van der Waals surface area contributed by atoms with Crippen molar-refractivity contribution in [2.24, 2.45) is 0 Å². The van der Waals surface area contributed by atoms with E-state index in [1.54, 1.807) is 0 Å². The van der Waals surface area contributed by atoms with Crippen molar-refractivity contribution in [3.63, 3.8) is 0 Å². The molecule has 1 fully saturated rings. The molecule has 2 heterocycles. The van der Waals surface area contributed by atoms with Gasteiger partial charge < -0.3 is 9.80 Å². The van der Waals surface area contributed by atoms with E-state index < -0.39 is 0 Å². The van der Waals surface area contributed by atoms with Gasteiger partial charge in [0.15, 0.2) is 0 Å². The van der Waals surface area contributed by atoms with Crippen LogP contribution in [-0.4, -0.2) is 63.8 Å². The Morgan fingerprint density at radius 3 is 2.68 bits per heavy atom. The quantitative estimate of drug-likeness (QED) is 0.742. The van der Waals surface area contributed by atoms with E-state index in [0.717, 1.165) is 55.5 Å². The molecule has 0 aliphatic carbocycles. The standard InChI is InChI=1S/C22H27N5O/c1-16-14-18(15-20-21(16)24-25-23-20)22(28)27-12-9-19(10-13-27)26(2)11-8-17-6-4-3-5-7-17/h3-7,14-15,19H,8-13H2,1-2H3,(H,23,24,25). The minimum absolute atomic E-state index is 0.0957. The number of carbonyl (C=O) groups is 1. The van der Waals surface area contributed by atoms with E-state index in [-0.39, 0.29) is 5.91 Å². The number of nitrogens with one attached hydrogen (secondary N) is 1. The van der Waals surface area contributed by atoms with Crippen LogP contribution in [0.5, 0.6) is 0 Å². The first-order chi connectivity index (χ1) is 13.6. The Morgan fingerprint density at radius 2 is 1.93 bits per heavy atom. The summed E-state index contributed by atoms with van der Waals surface area (Å²) in [4.78, 5) is 17.4. The number of likely N-dealkylation sites (tertiary alicyclic amines) is 1. The highest BCUT2D eigenvalue weighted by Crippen LogP contribution is 2.21. The van der Waals surface area contributed by atoms with Crippen molar-refractivity contribution in [3.8, 4) is 0 Å². The van der Waals surface area contributed by atoms with Crippen LogP contribution in [0.2, 0.25) is 0 Å². The van der Waals surface area contributed by atoms with E-state index in [2.05, 4.69) is 57.7 Å². The first-order valence-corrected chi connectivity index (χ1v) is 9.96. The Kier molecular flexibility index (Phi) is 5.39. The third-order valence-corrected chi connectivity index (χ3v) is 5.83. The molecule has 1 N–H and O–H groups in total. The van der Waals surface area contributed by atoms with Gasteiger partial charge in [-0.1, -0.05) is 30.3 Å². The summed E-state index contributed by atoms with van der Waals surface area (Å²) in [5.41, 5.74) is 4.63. The molecule has 28 heavy (non-hydrogen) atoms. The highest BCUT2D eigenvalue weighted by atomic mass is 16.2. The highest BCUT2D eigenvalue weighted by Gasteiger charge is 2.26. The molecule has 1 aromatic heterocycles. The topological polar surface area (TPSA) is 65.1 Å². The summed E-state index contributed by atoms with van der Waals surface area (Å²) in [5.74, 6) is 0.0957. The number of benzene rings is 2. The normalized spacial score (nSPS) is 15.5. The summed E-state index contributed by atoms with van der Waals surface area (Å²) in [6.07, 6.45) is 3.10. The fraction of sp³-hybridized carbons (Fsp3) is 0.409. The molecule has 0 unspecified atom stereocenters. The van der Waals surface area contributed by atoms with E-state index in [0.29, 0.717) is 11.6 Å². The average molecular weight is 377 g/mol. The van der Waals surface area contributed by atoms with Crippen LogP contribution in [0.1, 0.15) is 34.3 Å². The second kappa shape index (κ2) is 8.10. The fourth-order valence-electron chi connectivity index (χ4n) is 4.07. The van der Waals surface area contributed by atoms with Gasteiger partial charge in [0.2, 0.25) is 0 Å². The number of piperidine rings is 1. The lowest BCUT2D eigenvalue weighted by Gasteiger charge is -2.37. The van der Waals surface area contributed by atoms with Gasteiger partial charge >= 0.3 is 0 Å². The molecule has 1 saturated heterocycles. The molecule has 0 atom stereocenters. The molecule has 0 spiro atoms. The number of hydrogen-bond acceptors (Lipinski definition) is 4. The lowest BCUT2D eigenvalue weighted by Crippen LogP contribution is -2.46. The van der Waals surface area contributed by atoms with Crippen molar-refractivity contribution < 1.29 is 4.79 Å². The molecule has 1 amide bonds. The van der Waals surface area contributed by atoms with Gasteiger partial charge in [-0.25, -0.2) is 0 Å². The van der Waals surface area contributed by atoms with Crippen LogP contribution in [-0.2, 0) is 6.42 Å². The smallest absolute Gasteiger partial charge is 0.253 e. The number of H-pyrrole nitrogens is 1. The summed E-state index contributed by atoms with van der Waals surface area (Å²) in [5, 5.41) is 10.9. The van der Waals surface area contributed by atoms with Crippen LogP contribution in [0, 0.1) is 6.92 Å². The second-order valence-corrected chi connectivity index (χ2v) is 7.72. The molecule has 0 radical (unpaired) electrons. The number of fused-ring (bicyclic) bond motifs is 1. The summed E-state index contributed by atoms with van der Waals surface area (Å²) in [6.45, 7) is 4.62. The zero-order chi connectivity index (χ0) is 19.5. The lowest BCUT2D eigenvalue weighted by molar-refractivity contribution is 0.0647. The maximum absolute atomic E-state index is 13.0. The van der Waals surface area contributed by atoms with Gasteiger partial charge in [-0.2, -0.15) is 15.4 Å². The SMILES string of the molecule is Cc1cc(C(=O)N2CCC(N(C)CCc3ccccc3)CC2)cc2n[nH]nc12. The monoisotopic (exact) mass is 377 g/mol. The number of aryl methyl sites for hydroxylation is 1. The highest BCUT2D eigenvalue weighted by molar-refractivity contribution is 5.98. The summed E-state index contributed by atoms with van der Waals surface area (Å²) in [7, 11) is 2.20. The predicted octanol–water partition coefficient (Wildman–Crippen LogP) is 3.05. The molecule has 3 aromatic rings. The van der Waals surface area contributed by atoms with Crippen LogP contribution in [0.25, 0.3) is 11.0 Å². The number of nitrogens with zero attached hydrogens (tertiary/aromatic N) is 4. The Balaban J connectivity index is 1.33. The third kappa shape index (κ3) is 3.92. The minimum Gasteiger partial charge on any atom is -0.339 e. The summed E-state index contributed by atoms with van der Waals surface area (Å²) >= 11 is 0. The number of aromatic amines is 1. The van der Waals surface area contributed by atoms with Crippen LogP contribution >= 0.6 is 0 Å². The van der Waals surface area contributed by atoms with E-state index >= 15 is 0 Å². The maximum atomic E-state index is 13.0. The molecule has 1 aliphatic rings. The number of carbonyl (C=O) groups excluding carboxylic acids is 1. The number of rotatable bonds is 5. The van der Waals surface area contributed by atoms with Crippen molar-refractivity contribution in [1.29, 1.82) is 0 Å². The zero-order valence-corrected chi connectivity index (χ0v) is 16.6. The molecule has 0 bridgehead atoms. The van der Waals surface area contributed by atoms with Gasteiger partial charge in [0.05, 0.1) is 0 Å². The van der Waals surface area contributed by atoms with Gasteiger partial charge in [-0.05, 0) is 56.5 Å². The molecule has 6 heteroatoms. The first kappa shape index (κ1) is 18.6. The minimum atomic E-state index is 0.0957. The summed E-state index contributed by atoms with van der Waals surface area (Å²) < 4.78 is 0. The van der Waals surface area contributed by atoms with Crippen molar-refractivity contribution in [2.45, 2.75) is 32.2 Å². The molecule has 2 aromatic carbocycles. The van der Waals surface area contributed by atoms with Gasteiger partial charge in [0, 0.05) is 31.2 Å². The van der Waals surface area contributed by atoms with Crippen molar-refractivity contribution in [2.75, 3.05) is 26.7 Å². The van der Waals surface area contributed by atoms with Crippen LogP contribution in [0.3, 0.4) is 0 Å². The number of likely N-dealkylation sites (N-methyl/N-ethyl adjacent to an activating group) is 1. The Bertz CT molecular complexity index is 944. The Labute approximate surface area is 165 Å². The summed E-state index contributed by atoms with van der Waals surface area (Å²) in [6, 6.07) is 14.9. The van der Waals surface area contributed by atoms with Crippen molar-refractivity contribution in [1.82, 2.24) is 25.2 Å². The molecule has 6 nitrogen and oxygen atoms in total. The number of amides is 1. The van der Waals surface area contributed by atoms with Crippen LogP contribution in [0.15, 0.2) is 42.5 Å².